The molecule has 1 N–H and O–H groups in total. The van der Waals surface area contributed by atoms with Crippen LogP contribution in [0.5, 0.6) is 0 Å². The molecule has 1 heterocycles. The molecule has 0 spiro atoms. The fourth-order valence-electron chi connectivity index (χ4n) is 3.06. The minimum atomic E-state index is -0.0364. The molecule has 2 aromatic carbocycles. The van der Waals surface area contributed by atoms with Gasteiger partial charge >= 0.3 is 6.03 Å². The number of halogens is 1. The zero-order valence-electron chi connectivity index (χ0n) is 13.5. The normalized spacial score (nSPS) is 17.3. The number of rotatable bonds is 2. The van der Waals surface area contributed by atoms with Gasteiger partial charge in [-0.1, -0.05) is 29.8 Å². The summed E-state index contributed by atoms with van der Waals surface area (Å²) in [5, 5.41) is 3.74. The first-order chi connectivity index (χ1) is 11.0. The van der Waals surface area contributed by atoms with Crippen molar-refractivity contribution in [2.24, 2.45) is 0 Å². The van der Waals surface area contributed by atoms with E-state index in [2.05, 4.69) is 19.2 Å². The summed E-state index contributed by atoms with van der Waals surface area (Å²) in [5.41, 5.74) is 4.39. The number of nitrogens with one attached hydrogen (secondary N) is 1. The maximum Gasteiger partial charge on any atom is 0.322 e. The predicted molar refractivity (Wildman–Crippen MR) is 95.1 cm³/mol. The molecule has 120 valence electrons. The van der Waals surface area contributed by atoms with Crippen LogP contribution < -0.4 is 5.32 Å². The van der Waals surface area contributed by atoms with Gasteiger partial charge in [-0.25, -0.2) is 4.79 Å². The molecule has 0 saturated carbocycles. The van der Waals surface area contributed by atoms with Crippen molar-refractivity contribution in [1.82, 2.24) is 4.90 Å². The summed E-state index contributed by atoms with van der Waals surface area (Å²) in [4.78, 5) is 14.6. The van der Waals surface area contributed by atoms with Gasteiger partial charge in [-0.15, -0.1) is 0 Å². The van der Waals surface area contributed by atoms with Gasteiger partial charge in [-0.2, -0.15) is 0 Å². The Kier molecular flexibility index (Phi) is 4.58. The first-order valence-electron chi connectivity index (χ1n) is 7.95. The Bertz CT molecular complexity index is 712. The SMILES string of the molecule is Cc1ccc(NC(=O)N2CCC[C@H]2c2ccc(Cl)cc2)cc1C. The fourth-order valence-corrected chi connectivity index (χ4v) is 3.18. The summed E-state index contributed by atoms with van der Waals surface area (Å²) >= 11 is 5.96. The van der Waals surface area contributed by atoms with Crippen LogP contribution in [0.3, 0.4) is 0 Å². The maximum atomic E-state index is 12.7. The highest BCUT2D eigenvalue weighted by molar-refractivity contribution is 6.30. The summed E-state index contributed by atoms with van der Waals surface area (Å²) in [6.45, 7) is 4.90. The number of amides is 2. The second-order valence-corrected chi connectivity index (χ2v) is 6.57. The third kappa shape index (κ3) is 3.50. The van der Waals surface area contributed by atoms with Crippen molar-refractivity contribution >= 4 is 23.3 Å². The van der Waals surface area contributed by atoms with E-state index in [9.17, 15) is 4.79 Å². The van der Waals surface area contributed by atoms with E-state index in [0.717, 1.165) is 35.7 Å². The van der Waals surface area contributed by atoms with Crippen molar-refractivity contribution < 1.29 is 4.79 Å². The van der Waals surface area contributed by atoms with E-state index in [1.165, 1.54) is 11.1 Å². The summed E-state index contributed by atoms with van der Waals surface area (Å²) in [5.74, 6) is 0. The van der Waals surface area contributed by atoms with E-state index in [1.54, 1.807) is 0 Å². The molecule has 2 amide bonds. The minimum Gasteiger partial charge on any atom is -0.317 e. The Morgan fingerprint density at radius 3 is 2.57 bits per heavy atom. The largest absolute Gasteiger partial charge is 0.322 e. The Morgan fingerprint density at radius 1 is 1.13 bits per heavy atom. The number of benzene rings is 2. The second-order valence-electron chi connectivity index (χ2n) is 6.13. The molecule has 0 bridgehead atoms. The number of nitrogens with zero attached hydrogens (tertiary/aromatic N) is 1. The summed E-state index contributed by atoms with van der Waals surface area (Å²) < 4.78 is 0. The molecule has 23 heavy (non-hydrogen) atoms. The Morgan fingerprint density at radius 2 is 1.87 bits per heavy atom. The van der Waals surface area contributed by atoms with E-state index in [4.69, 9.17) is 11.6 Å². The molecule has 0 unspecified atom stereocenters. The zero-order chi connectivity index (χ0) is 16.4. The molecule has 1 aliphatic rings. The number of likely N-dealkylation sites (tertiary alicyclic amines) is 1. The van der Waals surface area contributed by atoms with Gasteiger partial charge in [0.15, 0.2) is 0 Å². The number of anilines is 1. The van der Waals surface area contributed by atoms with Crippen LogP contribution in [-0.4, -0.2) is 17.5 Å². The molecular formula is C19H21ClN2O. The standard InChI is InChI=1S/C19H21ClN2O/c1-13-5-10-17(12-14(13)2)21-19(23)22-11-3-4-18(22)15-6-8-16(20)9-7-15/h5-10,12,18H,3-4,11H2,1-2H3,(H,21,23)/t18-/m0/s1. The predicted octanol–water partition coefficient (Wildman–Crippen LogP) is 5.33. The second kappa shape index (κ2) is 6.63. The van der Waals surface area contributed by atoms with Crippen LogP contribution in [0, 0.1) is 13.8 Å². The van der Waals surface area contributed by atoms with Gasteiger partial charge in [0.2, 0.25) is 0 Å². The highest BCUT2D eigenvalue weighted by atomic mass is 35.5. The molecular weight excluding hydrogens is 308 g/mol. The van der Waals surface area contributed by atoms with Crippen LogP contribution in [0.2, 0.25) is 5.02 Å². The Hall–Kier alpha value is -2.00. The van der Waals surface area contributed by atoms with Gasteiger partial charge in [-0.3, -0.25) is 0 Å². The molecule has 1 saturated heterocycles. The number of hydrogen-bond donors (Lipinski definition) is 1. The van der Waals surface area contributed by atoms with Gasteiger partial charge in [0.25, 0.3) is 0 Å². The average molecular weight is 329 g/mol. The number of urea groups is 1. The van der Waals surface area contributed by atoms with Crippen molar-refractivity contribution in [2.45, 2.75) is 32.7 Å². The molecule has 1 aliphatic heterocycles. The molecule has 3 rings (SSSR count). The van der Waals surface area contributed by atoms with Crippen LogP contribution in [0.15, 0.2) is 42.5 Å². The monoisotopic (exact) mass is 328 g/mol. The lowest BCUT2D eigenvalue weighted by Crippen LogP contribution is -2.34. The van der Waals surface area contributed by atoms with Gasteiger partial charge in [0, 0.05) is 17.3 Å². The first-order valence-corrected chi connectivity index (χ1v) is 8.33. The topological polar surface area (TPSA) is 32.3 Å². The maximum absolute atomic E-state index is 12.7. The molecule has 0 aliphatic carbocycles. The average Bonchev–Trinajstić information content (AvgIpc) is 3.01. The molecule has 1 fully saturated rings. The van der Waals surface area contributed by atoms with Gasteiger partial charge < -0.3 is 10.2 Å². The van der Waals surface area contributed by atoms with E-state index in [0.29, 0.717) is 0 Å². The van der Waals surface area contributed by atoms with Crippen molar-refractivity contribution in [1.29, 1.82) is 0 Å². The van der Waals surface area contributed by atoms with Gasteiger partial charge in [0.05, 0.1) is 6.04 Å². The summed E-state index contributed by atoms with van der Waals surface area (Å²) in [6, 6.07) is 13.9. The van der Waals surface area contributed by atoms with E-state index < -0.39 is 0 Å². The van der Waals surface area contributed by atoms with E-state index >= 15 is 0 Å². The lowest BCUT2D eigenvalue weighted by atomic mass is 10.1. The van der Waals surface area contributed by atoms with Crippen LogP contribution in [0.1, 0.15) is 35.6 Å². The fraction of sp³-hybridized carbons (Fsp3) is 0.316. The Balaban J connectivity index is 1.75. The molecule has 3 nitrogen and oxygen atoms in total. The third-order valence-corrected chi connectivity index (χ3v) is 4.78. The molecule has 0 radical (unpaired) electrons. The quantitative estimate of drug-likeness (QED) is 0.794. The summed E-state index contributed by atoms with van der Waals surface area (Å²) in [6.07, 6.45) is 2.01. The van der Waals surface area contributed by atoms with Crippen LogP contribution >= 0.6 is 11.6 Å². The van der Waals surface area contributed by atoms with Crippen LogP contribution in [0.25, 0.3) is 0 Å². The number of hydrogen-bond acceptors (Lipinski definition) is 1. The van der Waals surface area contributed by atoms with E-state index in [-0.39, 0.29) is 12.1 Å². The molecule has 0 aromatic heterocycles. The highest BCUT2D eigenvalue weighted by Crippen LogP contribution is 2.33. The van der Waals surface area contributed by atoms with Crippen molar-refractivity contribution in [3.05, 3.63) is 64.2 Å². The van der Waals surface area contributed by atoms with Gasteiger partial charge in [0.1, 0.15) is 0 Å². The van der Waals surface area contributed by atoms with Gasteiger partial charge in [-0.05, 0) is 67.6 Å². The lowest BCUT2D eigenvalue weighted by molar-refractivity contribution is 0.207. The summed E-state index contributed by atoms with van der Waals surface area (Å²) in [7, 11) is 0. The molecule has 1 atom stereocenters. The number of carbonyl (C=O) groups is 1. The van der Waals surface area contributed by atoms with Crippen molar-refractivity contribution in [2.75, 3.05) is 11.9 Å². The molecule has 4 heteroatoms. The first kappa shape index (κ1) is 15.9. The Labute approximate surface area is 142 Å². The van der Waals surface area contributed by atoms with Crippen molar-refractivity contribution in [3.8, 4) is 0 Å². The lowest BCUT2D eigenvalue weighted by Gasteiger charge is -2.25. The van der Waals surface area contributed by atoms with Crippen LogP contribution in [0.4, 0.5) is 10.5 Å². The minimum absolute atomic E-state index is 0.0364. The van der Waals surface area contributed by atoms with Crippen molar-refractivity contribution in [3.63, 3.8) is 0 Å². The zero-order valence-corrected chi connectivity index (χ0v) is 14.2. The highest BCUT2D eigenvalue weighted by Gasteiger charge is 2.29. The number of carbonyl (C=O) groups excluding carboxylic acids is 1. The smallest absolute Gasteiger partial charge is 0.317 e. The van der Waals surface area contributed by atoms with E-state index in [1.807, 2.05) is 47.4 Å². The third-order valence-electron chi connectivity index (χ3n) is 4.53. The number of aryl methyl sites for hydroxylation is 2. The van der Waals surface area contributed by atoms with Crippen LogP contribution in [-0.2, 0) is 0 Å². The molecule has 2 aromatic rings.